The fourth-order valence-electron chi connectivity index (χ4n) is 2.11. The Labute approximate surface area is 129 Å². The number of hydrogen-bond donors (Lipinski definition) is 0. The van der Waals surface area contributed by atoms with Gasteiger partial charge >= 0.3 is 0 Å². The summed E-state index contributed by atoms with van der Waals surface area (Å²) in [6.07, 6.45) is 0.0566. The van der Waals surface area contributed by atoms with Crippen LogP contribution >= 0.6 is 11.6 Å². The van der Waals surface area contributed by atoms with Crippen molar-refractivity contribution >= 4 is 17.5 Å². The molecular weight excluding hydrogens is 289 g/mol. The van der Waals surface area contributed by atoms with E-state index in [1.54, 1.807) is 42.3 Å². The van der Waals surface area contributed by atoms with Crippen LogP contribution in [0.3, 0.4) is 0 Å². The van der Waals surface area contributed by atoms with Gasteiger partial charge in [-0.15, -0.1) is 0 Å². The lowest BCUT2D eigenvalue weighted by atomic mass is 10.1. The summed E-state index contributed by atoms with van der Waals surface area (Å²) in [6, 6.07) is 13.6. The Hall–Kier alpha value is -1.87. The second-order valence-electron chi connectivity index (χ2n) is 5.00. The Morgan fingerprint density at radius 3 is 2.43 bits per heavy atom. The minimum Gasteiger partial charge on any atom is -0.339 e. The molecule has 110 valence electrons. The summed E-state index contributed by atoms with van der Waals surface area (Å²) < 4.78 is 13.6. The van der Waals surface area contributed by atoms with E-state index in [0.29, 0.717) is 10.6 Å². The molecule has 0 N–H and O–H groups in total. The van der Waals surface area contributed by atoms with E-state index in [2.05, 4.69) is 0 Å². The summed E-state index contributed by atoms with van der Waals surface area (Å²) in [7, 11) is 1.72. The predicted molar refractivity (Wildman–Crippen MR) is 82.7 cm³/mol. The van der Waals surface area contributed by atoms with Crippen LogP contribution in [0.4, 0.5) is 4.39 Å². The van der Waals surface area contributed by atoms with Crippen LogP contribution in [-0.2, 0) is 11.2 Å². The van der Waals surface area contributed by atoms with Crippen LogP contribution in [0.15, 0.2) is 48.5 Å². The SMILES string of the molecule is CC(c1ccc(Cl)cc1)N(C)C(=O)Cc1ccccc1F. The van der Waals surface area contributed by atoms with Gasteiger partial charge in [0.2, 0.25) is 5.91 Å². The number of benzene rings is 2. The van der Waals surface area contributed by atoms with Crippen molar-refractivity contribution in [1.82, 2.24) is 4.90 Å². The largest absolute Gasteiger partial charge is 0.339 e. The molecular formula is C17H17ClFNO. The number of rotatable bonds is 4. The summed E-state index contributed by atoms with van der Waals surface area (Å²) in [5.41, 5.74) is 1.40. The van der Waals surface area contributed by atoms with Gasteiger partial charge in [-0.05, 0) is 36.2 Å². The van der Waals surface area contributed by atoms with Gasteiger partial charge in [0.1, 0.15) is 5.82 Å². The highest BCUT2D eigenvalue weighted by Crippen LogP contribution is 2.21. The van der Waals surface area contributed by atoms with Crippen LogP contribution in [0, 0.1) is 5.82 Å². The molecule has 0 aromatic heterocycles. The van der Waals surface area contributed by atoms with Crippen LogP contribution in [0.5, 0.6) is 0 Å². The van der Waals surface area contributed by atoms with Gasteiger partial charge in [0, 0.05) is 12.1 Å². The van der Waals surface area contributed by atoms with Gasteiger partial charge < -0.3 is 4.90 Å². The van der Waals surface area contributed by atoms with Crippen molar-refractivity contribution in [1.29, 1.82) is 0 Å². The lowest BCUT2D eigenvalue weighted by molar-refractivity contribution is -0.131. The number of hydrogen-bond acceptors (Lipinski definition) is 1. The van der Waals surface area contributed by atoms with Crippen LogP contribution < -0.4 is 0 Å². The van der Waals surface area contributed by atoms with Crippen molar-refractivity contribution in [2.75, 3.05) is 7.05 Å². The first kappa shape index (κ1) is 15.5. The third-order valence-electron chi connectivity index (χ3n) is 3.63. The Morgan fingerprint density at radius 2 is 1.81 bits per heavy atom. The van der Waals surface area contributed by atoms with Gasteiger partial charge in [0.25, 0.3) is 0 Å². The highest BCUT2D eigenvalue weighted by atomic mass is 35.5. The second-order valence-corrected chi connectivity index (χ2v) is 5.44. The number of likely N-dealkylation sites (N-methyl/N-ethyl adjacent to an activating group) is 1. The van der Waals surface area contributed by atoms with Crippen LogP contribution in [0.1, 0.15) is 24.1 Å². The molecule has 2 nitrogen and oxygen atoms in total. The molecule has 0 radical (unpaired) electrons. The Morgan fingerprint density at radius 1 is 1.19 bits per heavy atom. The summed E-state index contributed by atoms with van der Waals surface area (Å²) in [5, 5.41) is 0.659. The fourth-order valence-corrected chi connectivity index (χ4v) is 2.24. The quantitative estimate of drug-likeness (QED) is 0.827. The maximum Gasteiger partial charge on any atom is 0.227 e. The molecule has 0 aliphatic carbocycles. The molecule has 4 heteroatoms. The van der Waals surface area contributed by atoms with Crippen molar-refractivity contribution in [3.63, 3.8) is 0 Å². The molecule has 2 rings (SSSR count). The molecule has 1 atom stereocenters. The molecule has 0 heterocycles. The minimum absolute atomic E-state index is 0.0566. The zero-order valence-corrected chi connectivity index (χ0v) is 12.8. The van der Waals surface area contributed by atoms with Crippen molar-refractivity contribution < 1.29 is 9.18 Å². The Bertz CT molecular complexity index is 627. The van der Waals surface area contributed by atoms with Gasteiger partial charge in [0.05, 0.1) is 12.5 Å². The lowest BCUT2D eigenvalue weighted by Gasteiger charge is -2.25. The number of nitrogens with zero attached hydrogens (tertiary/aromatic N) is 1. The first-order chi connectivity index (χ1) is 9.99. The van der Waals surface area contributed by atoms with Crippen molar-refractivity contribution in [3.05, 3.63) is 70.5 Å². The molecule has 2 aromatic rings. The minimum atomic E-state index is -0.349. The molecule has 0 aliphatic rings. The van der Waals surface area contributed by atoms with Gasteiger partial charge in [-0.2, -0.15) is 0 Å². The Balaban J connectivity index is 2.08. The molecule has 1 unspecified atom stereocenters. The maximum atomic E-state index is 13.6. The van der Waals surface area contributed by atoms with Crippen LogP contribution in [0.2, 0.25) is 5.02 Å². The summed E-state index contributed by atoms with van der Waals surface area (Å²) >= 11 is 5.86. The fraction of sp³-hybridized carbons (Fsp3) is 0.235. The first-order valence-corrected chi connectivity index (χ1v) is 7.11. The molecule has 0 bridgehead atoms. The molecule has 0 fully saturated rings. The van der Waals surface area contributed by atoms with Crippen molar-refractivity contribution in [2.24, 2.45) is 0 Å². The van der Waals surface area contributed by atoms with Gasteiger partial charge in [0.15, 0.2) is 0 Å². The van der Waals surface area contributed by atoms with Crippen LogP contribution in [-0.4, -0.2) is 17.9 Å². The predicted octanol–water partition coefficient (Wildman–Crippen LogP) is 4.24. The second kappa shape index (κ2) is 6.72. The van der Waals surface area contributed by atoms with E-state index in [1.807, 2.05) is 19.1 Å². The third-order valence-corrected chi connectivity index (χ3v) is 3.88. The smallest absolute Gasteiger partial charge is 0.227 e. The zero-order valence-electron chi connectivity index (χ0n) is 12.0. The van der Waals surface area contributed by atoms with E-state index < -0.39 is 0 Å². The van der Waals surface area contributed by atoms with E-state index in [9.17, 15) is 9.18 Å². The Kier molecular flexibility index (Phi) is 4.97. The molecule has 21 heavy (non-hydrogen) atoms. The maximum absolute atomic E-state index is 13.6. The standard InChI is InChI=1S/C17H17ClFNO/c1-12(13-7-9-15(18)10-8-13)20(2)17(21)11-14-5-3-4-6-16(14)19/h3-10,12H,11H2,1-2H3. The van der Waals surface area contributed by atoms with Crippen LogP contribution in [0.25, 0.3) is 0 Å². The van der Waals surface area contributed by atoms with Gasteiger partial charge in [-0.3, -0.25) is 4.79 Å². The first-order valence-electron chi connectivity index (χ1n) is 6.73. The van der Waals surface area contributed by atoms with Crippen molar-refractivity contribution in [2.45, 2.75) is 19.4 Å². The molecule has 1 amide bonds. The average Bonchev–Trinajstić information content (AvgIpc) is 2.49. The summed E-state index contributed by atoms with van der Waals surface area (Å²) in [5.74, 6) is -0.471. The molecule has 0 saturated carbocycles. The monoisotopic (exact) mass is 305 g/mol. The normalized spacial score (nSPS) is 12.0. The van der Waals surface area contributed by atoms with Gasteiger partial charge in [-0.1, -0.05) is 41.9 Å². The summed E-state index contributed by atoms with van der Waals surface area (Å²) in [4.78, 5) is 13.9. The average molecular weight is 306 g/mol. The number of carbonyl (C=O) groups is 1. The molecule has 0 spiro atoms. The third kappa shape index (κ3) is 3.82. The number of halogens is 2. The van der Waals surface area contributed by atoms with Crippen molar-refractivity contribution in [3.8, 4) is 0 Å². The lowest BCUT2D eigenvalue weighted by Crippen LogP contribution is -2.31. The topological polar surface area (TPSA) is 20.3 Å². The number of amides is 1. The molecule has 2 aromatic carbocycles. The van der Waals surface area contributed by atoms with Gasteiger partial charge in [-0.25, -0.2) is 4.39 Å². The summed E-state index contributed by atoms with van der Waals surface area (Å²) in [6.45, 7) is 1.93. The van der Waals surface area contributed by atoms with E-state index in [4.69, 9.17) is 11.6 Å². The van der Waals surface area contributed by atoms with E-state index in [-0.39, 0.29) is 24.2 Å². The number of carbonyl (C=O) groups excluding carboxylic acids is 1. The van der Waals surface area contributed by atoms with E-state index in [1.165, 1.54) is 6.07 Å². The van der Waals surface area contributed by atoms with E-state index >= 15 is 0 Å². The molecule has 0 saturated heterocycles. The zero-order chi connectivity index (χ0) is 15.4. The molecule has 0 aliphatic heterocycles. The van der Waals surface area contributed by atoms with E-state index in [0.717, 1.165) is 5.56 Å². The highest BCUT2D eigenvalue weighted by Gasteiger charge is 2.18. The highest BCUT2D eigenvalue weighted by molar-refractivity contribution is 6.30.